The highest BCUT2D eigenvalue weighted by atomic mass is 16.5. The van der Waals surface area contributed by atoms with E-state index in [1.807, 2.05) is 6.07 Å². The molecule has 0 N–H and O–H groups in total. The summed E-state index contributed by atoms with van der Waals surface area (Å²) < 4.78 is 5.93. The monoisotopic (exact) mass is 228 g/mol. The van der Waals surface area contributed by atoms with Crippen molar-refractivity contribution in [3.05, 3.63) is 52.8 Å². The van der Waals surface area contributed by atoms with E-state index in [9.17, 15) is 0 Å². The van der Waals surface area contributed by atoms with Crippen LogP contribution < -0.4 is 4.74 Å². The zero-order chi connectivity index (χ0) is 12.4. The molecule has 1 aliphatic carbocycles. The molecule has 17 heavy (non-hydrogen) atoms. The van der Waals surface area contributed by atoms with Crippen molar-refractivity contribution in [3.63, 3.8) is 0 Å². The molecule has 2 rings (SSSR count). The molecule has 0 saturated heterocycles. The molecule has 1 heteroatoms. The fourth-order valence-corrected chi connectivity index (χ4v) is 1.92. The molecule has 90 valence electrons. The van der Waals surface area contributed by atoms with E-state index >= 15 is 0 Å². The van der Waals surface area contributed by atoms with Gasteiger partial charge in [0.2, 0.25) is 0 Å². The molecule has 0 bridgehead atoms. The van der Waals surface area contributed by atoms with Crippen molar-refractivity contribution in [2.75, 3.05) is 0 Å². The van der Waals surface area contributed by atoms with Crippen molar-refractivity contribution in [2.45, 2.75) is 34.1 Å². The highest BCUT2D eigenvalue weighted by Crippen LogP contribution is 2.27. The number of hydrogen-bond acceptors (Lipinski definition) is 1. The number of aryl methyl sites for hydroxylation is 2. The van der Waals surface area contributed by atoms with Crippen molar-refractivity contribution in [2.24, 2.45) is 5.92 Å². The minimum Gasteiger partial charge on any atom is -0.462 e. The maximum atomic E-state index is 5.93. The van der Waals surface area contributed by atoms with Crippen LogP contribution in [0.5, 0.6) is 5.75 Å². The molecule has 1 aromatic carbocycles. The Morgan fingerprint density at radius 2 is 1.82 bits per heavy atom. The van der Waals surface area contributed by atoms with Gasteiger partial charge in [-0.1, -0.05) is 24.6 Å². The van der Waals surface area contributed by atoms with Crippen LogP contribution in [0.2, 0.25) is 0 Å². The highest BCUT2D eigenvalue weighted by Gasteiger charge is 2.13. The minimum absolute atomic E-state index is 0.585. The number of hydrogen-bond donors (Lipinski definition) is 0. The molecule has 0 aromatic heterocycles. The fraction of sp³-hybridized carbons (Fsp3) is 0.375. The van der Waals surface area contributed by atoms with Gasteiger partial charge in [0.25, 0.3) is 0 Å². The molecule has 1 aliphatic rings. The summed E-state index contributed by atoms with van der Waals surface area (Å²) in [6.45, 7) is 8.65. The van der Waals surface area contributed by atoms with E-state index in [-0.39, 0.29) is 0 Å². The van der Waals surface area contributed by atoms with Crippen LogP contribution in [0.1, 0.15) is 31.4 Å². The molecule has 1 atom stereocenters. The smallest absolute Gasteiger partial charge is 0.127 e. The van der Waals surface area contributed by atoms with Gasteiger partial charge in [-0.2, -0.15) is 0 Å². The Bertz CT molecular complexity index is 480. The molecule has 1 unspecified atom stereocenters. The topological polar surface area (TPSA) is 9.23 Å². The molecule has 1 nitrogen and oxygen atoms in total. The van der Waals surface area contributed by atoms with E-state index in [2.05, 4.69) is 52.0 Å². The Morgan fingerprint density at radius 1 is 1.06 bits per heavy atom. The van der Waals surface area contributed by atoms with E-state index < -0.39 is 0 Å². The summed E-state index contributed by atoms with van der Waals surface area (Å²) in [5.74, 6) is 2.59. The molecule has 0 fully saturated rings. The third-order valence-electron chi connectivity index (χ3n) is 3.54. The van der Waals surface area contributed by atoms with Gasteiger partial charge < -0.3 is 4.74 Å². The Morgan fingerprint density at radius 3 is 2.47 bits per heavy atom. The number of ether oxygens (including phenoxy) is 1. The lowest BCUT2D eigenvalue weighted by Crippen LogP contribution is -2.07. The molecule has 0 saturated carbocycles. The average Bonchev–Trinajstić information content (AvgIpc) is 2.29. The van der Waals surface area contributed by atoms with Gasteiger partial charge in [-0.3, -0.25) is 0 Å². The fourth-order valence-electron chi connectivity index (χ4n) is 1.92. The van der Waals surface area contributed by atoms with Gasteiger partial charge in [0.05, 0.1) is 0 Å². The Hall–Kier alpha value is -1.50. The summed E-state index contributed by atoms with van der Waals surface area (Å²) in [5.41, 5.74) is 4.01. The van der Waals surface area contributed by atoms with Crippen molar-refractivity contribution in [1.82, 2.24) is 0 Å². The molecule has 0 radical (unpaired) electrons. The largest absolute Gasteiger partial charge is 0.462 e. The van der Waals surface area contributed by atoms with Gasteiger partial charge in [-0.05, 0) is 56.0 Å². The van der Waals surface area contributed by atoms with E-state index in [1.165, 1.54) is 16.7 Å². The van der Waals surface area contributed by atoms with Crippen LogP contribution in [-0.2, 0) is 0 Å². The summed E-state index contributed by atoms with van der Waals surface area (Å²) in [6.07, 6.45) is 5.24. The summed E-state index contributed by atoms with van der Waals surface area (Å²) in [4.78, 5) is 0. The second kappa shape index (κ2) is 4.79. The normalized spacial score (nSPS) is 19.6. The predicted octanol–water partition coefficient (Wildman–Crippen LogP) is 4.55. The maximum Gasteiger partial charge on any atom is 0.127 e. The lowest BCUT2D eigenvalue weighted by Gasteiger charge is -2.19. The van der Waals surface area contributed by atoms with Gasteiger partial charge in [0, 0.05) is 6.42 Å². The van der Waals surface area contributed by atoms with E-state index in [0.29, 0.717) is 5.92 Å². The SMILES string of the molecule is CC1=CC=C(Oc2ccc(C)c(C)c2)CC1C. The van der Waals surface area contributed by atoms with Gasteiger partial charge >= 0.3 is 0 Å². The molecule has 1 aromatic rings. The zero-order valence-corrected chi connectivity index (χ0v) is 11.1. The van der Waals surface area contributed by atoms with E-state index in [0.717, 1.165) is 17.9 Å². The highest BCUT2D eigenvalue weighted by molar-refractivity contribution is 5.35. The minimum atomic E-state index is 0.585. The van der Waals surface area contributed by atoms with Gasteiger partial charge in [-0.25, -0.2) is 0 Å². The molecular formula is C16H20O. The van der Waals surface area contributed by atoms with Crippen LogP contribution in [0.15, 0.2) is 41.7 Å². The van der Waals surface area contributed by atoms with Crippen LogP contribution in [0.4, 0.5) is 0 Å². The summed E-state index contributed by atoms with van der Waals surface area (Å²) in [6, 6.07) is 6.25. The van der Waals surface area contributed by atoms with E-state index in [1.54, 1.807) is 0 Å². The van der Waals surface area contributed by atoms with Crippen LogP contribution in [-0.4, -0.2) is 0 Å². The lowest BCUT2D eigenvalue weighted by molar-refractivity contribution is 0.380. The molecule has 0 aliphatic heterocycles. The summed E-state index contributed by atoms with van der Waals surface area (Å²) in [5, 5.41) is 0. The van der Waals surface area contributed by atoms with Crippen molar-refractivity contribution in [1.29, 1.82) is 0 Å². The van der Waals surface area contributed by atoms with Crippen molar-refractivity contribution >= 4 is 0 Å². The standard InChI is InChI=1S/C16H20O/c1-11-5-7-15(9-13(11)3)17-16-8-6-12(2)14(4)10-16/h5-9,14H,10H2,1-4H3. The van der Waals surface area contributed by atoms with Gasteiger partial charge in [0.15, 0.2) is 0 Å². The van der Waals surface area contributed by atoms with Gasteiger partial charge in [0.1, 0.15) is 11.5 Å². The first-order valence-corrected chi connectivity index (χ1v) is 6.18. The van der Waals surface area contributed by atoms with Gasteiger partial charge in [-0.15, -0.1) is 0 Å². The number of rotatable bonds is 2. The Kier molecular flexibility index (Phi) is 3.37. The maximum absolute atomic E-state index is 5.93. The first-order chi connectivity index (χ1) is 8.06. The first kappa shape index (κ1) is 12.0. The molecule has 0 heterocycles. The summed E-state index contributed by atoms with van der Waals surface area (Å²) in [7, 11) is 0. The molecule has 0 spiro atoms. The van der Waals surface area contributed by atoms with Crippen LogP contribution in [0, 0.1) is 19.8 Å². The Balaban J connectivity index is 2.14. The Labute approximate surface area is 104 Å². The second-order valence-corrected chi connectivity index (χ2v) is 5.00. The number of allylic oxidation sites excluding steroid dienone is 4. The second-order valence-electron chi connectivity index (χ2n) is 5.00. The van der Waals surface area contributed by atoms with Crippen molar-refractivity contribution < 1.29 is 4.74 Å². The third kappa shape index (κ3) is 2.79. The van der Waals surface area contributed by atoms with Crippen LogP contribution in [0.3, 0.4) is 0 Å². The van der Waals surface area contributed by atoms with E-state index in [4.69, 9.17) is 4.74 Å². The van der Waals surface area contributed by atoms with Crippen LogP contribution >= 0.6 is 0 Å². The summed E-state index contributed by atoms with van der Waals surface area (Å²) >= 11 is 0. The molecule has 0 amide bonds. The van der Waals surface area contributed by atoms with Crippen molar-refractivity contribution in [3.8, 4) is 5.75 Å². The first-order valence-electron chi connectivity index (χ1n) is 6.18. The van der Waals surface area contributed by atoms with Crippen LogP contribution in [0.25, 0.3) is 0 Å². The molecular weight excluding hydrogens is 208 g/mol. The zero-order valence-electron chi connectivity index (χ0n) is 11.1. The average molecular weight is 228 g/mol. The number of benzene rings is 1. The lowest BCUT2D eigenvalue weighted by atomic mass is 9.93. The third-order valence-corrected chi connectivity index (χ3v) is 3.54. The quantitative estimate of drug-likeness (QED) is 0.721. The predicted molar refractivity (Wildman–Crippen MR) is 72.2 cm³/mol.